The molecule has 0 saturated heterocycles. The number of hydrogen-bond donors (Lipinski definition) is 1. The monoisotopic (exact) mass is 315 g/mol. The van der Waals surface area contributed by atoms with Gasteiger partial charge in [0.15, 0.2) is 5.60 Å². The summed E-state index contributed by atoms with van der Waals surface area (Å²) >= 11 is 0. The van der Waals surface area contributed by atoms with Crippen molar-refractivity contribution >= 4 is 5.71 Å². The van der Waals surface area contributed by atoms with Crippen LogP contribution in [0.5, 0.6) is 0 Å². The molecule has 0 aliphatic heterocycles. The van der Waals surface area contributed by atoms with E-state index < -0.39 is 5.60 Å². The van der Waals surface area contributed by atoms with Crippen LogP contribution in [0.1, 0.15) is 16.7 Å². The molecule has 0 bridgehead atoms. The Bertz CT molecular complexity index is 870. The summed E-state index contributed by atoms with van der Waals surface area (Å²) in [6.45, 7) is 0. The Labute approximate surface area is 140 Å². The molecule has 24 heavy (non-hydrogen) atoms. The molecule has 0 unspecified atom stereocenters. The number of hydrogen-bond acceptors (Lipinski definition) is 3. The van der Waals surface area contributed by atoms with Gasteiger partial charge in [-0.05, 0) is 11.1 Å². The summed E-state index contributed by atoms with van der Waals surface area (Å²) < 4.78 is 0. The predicted octanol–water partition coefficient (Wildman–Crippen LogP) is 3.95. The van der Waals surface area contributed by atoms with Crippen LogP contribution in [0, 0.1) is 0 Å². The number of fused-ring (bicyclic) bond motifs is 3. The van der Waals surface area contributed by atoms with Gasteiger partial charge in [0.05, 0.1) is 0 Å². The lowest BCUT2D eigenvalue weighted by Crippen LogP contribution is -2.36. The number of aliphatic hydroxyl groups is 1. The fraction of sp³-hybridized carbons (Fsp3) is 0.0952. The van der Waals surface area contributed by atoms with Crippen LogP contribution in [0.2, 0.25) is 0 Å². The molecule has 3 heteroatoms. The van der Waals surface area contributed by atoms with Gasteiger partial charge in [-0.3, -0.25) is 0 Å². The average molecular weight is 315 g/mol. The number of rotatable bonds is 3. The van der Waals surface area contributed by atoms with Crippen molar-refractivity contribution in [1.29, 1.82) is 0 Å². The van der Waals surface area contributed by atoms with Crippen molar-refractivity contribution in [2.24, 2.45) is 5.16 Å². The molecule has 1 N–H and O–H groups in total. The third-order valence-corrected chi connectivity index (χ3v) is 4.50. The molecule has 0 saturated carbocycles. The van der Waals surface area contributed by atoms with Gasteiger partial charge >= 0.3 is 0 Å². The second-order valence-electron chi connectivity index (χ2n) is 5.79. The maximum atomic E-state index is 11.8. The van der Waals surface area contributed by atoms with Crippen LogP contribution in [0.15, 0.2) is 84.0 Å². The molecule has 4 rings (SSSR count). The van der Waals surface area contributed by atoms with E-state index in [9.17, 15) is 5.11 Å². The summed E-state index contributed by atoms with van der Waals surface area (Å²) in [4.78, 5) is 5.09. The van der Waals surface area contributed by atoms with Crippen molar-refractivity contribution in [3.8, 4) is 11.1 Å². The average Bonchev–Trinajstić information content (AvgIpc) is 2.91. The number of oxime groups is 1. The summed E-state index contributed by atoms with van der Waals surface area (Å²) in [5.74, 6) is 0. The zero-order valence-corrected chi connectivity index (χ0v) is 13.3. The molecule has 3 aromatic rings. The summed E-state index contributed by atoms with van der Waals surface area (Å²) in [5, 5.41) is 16.0. The highest BCUT2D eigenvalue weighted by Crippen LogP contribution is 2.49. The minimum absolute atomic E-state index is 0.489. The van der Waals surface area contributed by atoms with E-state index in [0.717, 1.165) is 27.8 Å². The van der Waals surface area contributed by atoms with Crippen molar-refractivity contribution < 1.29 is 9.94 Å². The van der Waals surface area contributed by atoms with E-state index in [2.05, 4.69) is 5.16 Å². The van der Waals surface area contributed by atoms with Gasteiger partial charge < -0.3 is 9.94 Å². The first-order chi connectivity index (χ1) is 11.8. The van der Waals surface area contributed by atoms with E-state index >= 15 is 0 Å². The third kappa shape index (κ3) is 1.99. The highest BCUT2D eigenvalue weighted by Gasteiger charge is 2.46. The van der Waals surface area contributed by atoms with Crippen LogP contribution in [-0.4, -0.2) is 17.9 Å². The Morgan fingerprint density at radius 2 is 1.29 bits per heavy atom. The molecule has 3 aromatic carbocycles. The fourth-order valence-corrected chi connectivity index (χ4v) is 3.48. The molecule has 0 atom stereocenters. The van der Waals surface area contributed by atoms with Crippen molar-refractivity contribution in [3.05, 3.63) is 95.6 Å². The standard InChI is InChI=1S/C21H17NO2/c1-24-22-20(15-9-3-2-4-10-15)21(23)18-13-7-5-11-16(18)17-12-6-8-14-19(17)21/h2-14,23H,1H3/b22-20+. The van der Waals surface area contributed by atoms with Gasteiger partial charge in [0.25, 0.3) is 0 Å². The topological polar surface area (TPSA) is 41.8 Å². The van der Waals surface area contributed by atoms with Gasteiger partial charge in [0, 0.05) is 16.7 Å². The van der Waals surface area contributed by atoms with Gasteiger partial charge in [0.2, 0.25) is 0 Å². The smallest absolute Gasteiger partial charge is 0.162 e. The summed E-state index contributed by atoms with van der Waals surface area (Å²) in [5.41, 5.74) is 3.67. The SMILES string of the molecule is CO/N=C(\c1ccccc1)C1(O)c2ccccc2-c2ccccc21. The molecular weight excluding hydrogens is 298 g/mol. The lowest BCUT2D eigenvalue weighted by Gasteiger charge is -2.27. The van der Waals surface area contributed by atoms with Crippen LogP contribution in [0.3, 0.4) is 0 Å². The van der Waals surface area contributed by atoms with Gasteiger partial charge in [0.1, 0.15) is 12.8 Å². The van der Waals surface area contributed by atoms with Crippen molar-refractivity contribution in [1.82, 2.24) is 0 Å². The predicted molar refractivity (Wildman–Crippen MR) is 94.9 cm³/mol. The van der Waals surface area contributed by atoms with Crippen LogP contribution in [0.4, 0.5) is 0 Å². The van der Waals surface area contributed by atoms with Crippen LogP contribution in [0.25, 0.3) is 11.1 Å². The van der Waals surface area contributed by atoms with E-state index in [0.29, 0.717) is 5.71 Å². The lowest BCUT2D eigenvalue weighted by atomic mass is 9.83. The van der Waals surface area contributed by atoms with Gasteiger partial charge in [-0.1, -0.05) is 84.0 Å². The van der Waals surface area contributed by atoms with E-state index in [1.165, 1.54) is 7.11 Å². The van der Waals surface area contributed by atoms with E-state index in [1.807, 2.05) is 78.9 Å². The first-order valence-corrected chi connectivity index (χ1v) is 7.85. The molecule has 0 heterocycles. The van der Waals surface area contributed by atoms with E-state index in [-0.39, 0.29) is 0 Å². The van der Waals surface area contributed by atoms with Crippen molar-refractivity contribution in [2.75, 3.05) is 7.11 Å². The Hall–Kier alpha value is -2.91. The number of nitrogens with zero attached hydrogens (tertiary/aromatic N) is 1. The Kier molecular flexibility index (Phi) is 3.44. The zero-order valence-electron chi connectivity index (χ0n) is 13.3. The quantitative estimate of drug-likeness (QED) is 0.587. The number of benzene rings is 3. The highest BCUT2D eigenvalue weighted by atomic mass is 16.6. The second kappa shape index (κ2) is 5.62. The second-order valence-corrected chi connectivity index (χ2v) is 5.79. The Morgan fingerprint density at radius 1 is 0.792 bits per heavy atom. The van der Waals surface area contributed by atoms with Gasteiger partial charge in [-0.2, -0.15) is 0 Å². The van der Waals surface area contributed by atoms with Crippen molar-refractivity contribution in [2.45, 2.75) is 5.60 Å². The Balaban J connectivity index is 2.04. The highest BCUT2D eigenvalue weighted by molar-refractivity contribution is 6.12. The summed E-state index contributed by atoms with van der Waals surface area (Å²) in [6.07, 6.45) is 0. The molecule has 0 spiro atoms. The maximum absolute atomic E-state index is 11.8. The van der Waals surface area contributed by atoms with E-state index in [4.69, 9.17) is 4.84 Å². The lowest BCUT2D eigenvalue weighted by molar-refractivity contribution is 0.146. The molecule has 0 fully saturated rings. The largest absolute Gasteiger partial charge is 0.399 e. The fourth-order valence-electron chi connectivity index (χ4n) is 3.48. The first kappa shape index (κ1) is 14.7. The molecule has 3 nitrogen and oxygen atoms in total. The molecule has 0 aromatic heterocycles. The molecule has 0 amide bonds. The van der Waals surface area contributed by atoms with E-state index in [1.54, 1.807) is 0 Å². The molecule has 118 valence electrons. The molecule has 0 radical (unpaired) electrons. The first-order valence-electron chi connectivity index (χ1n) is 7.85. The van der Waals surface area contributed by atoms with Crippen molar-refractivity contribution in [3.63, 3.8) is 0 Å². The van der Waals surface area contributed by atoms with Gasteiger partial charge in [-0.15, -0.1) is 0 Å². The minimum atomic E-state index is -1.34. The molecular formula is C21H17NO2. The maximum Gasteiger partial charge on any atom is 0.162 e. The third-order valence-electron chi connectivity index (χ3n) is 4.50. The summed E-state index contributed by atoms with van der Waals surface area (Å²) in [6, 6.07) is 25.4. The Morgan fingerprint density at radius 3 is 1.83 bits per heavy atom. The summed E-state index contributed by atoms with van der Waals surface area (Å²) in [7, 11) is 1.50. The molecule has 1 aliphatic rings. The normalized spacial score (nSPS) is 14.8. The zero-order chi connectivity index (χ0) is 16.6. The van der Waals surface area contributed by atoms with Gasteiger partial charge in [-0.25, -0.2) is 0 Å². The van der Waals surface area contributed by atoms with Crippen LogP contribution < -0.4 is 0 Å². The van der Waals surface area contributed by atoms with Crippen LogP contribution in [-0.2, 0) is 10.4 Å². The minimum Gasteiger partial charge on any atom is -0.399 e. The van der Waals surface area contributed by atoms with Crippen LogP contribution >= 0.6 is 0 Å². The molecule has 1 aliphatic carbocycles.